The summed E-state index contributed by atoms with van der Waals surface area (Å²) in [5, 5.41) is 23.1. The van der Waals surface area contributed by atoms with Gasteiger partial charge in [0.25, 0.3) is 0 Å². The summed E-state index contributed by atoms with van der Waals surface area (Å²) in [4.78, 5) is 24.4. The topological polar surface area (TPSA) is 95.9 Å². The average Bonchev–Trinajstić information content (AvgIpc) is 3.21. The number of amides is 1. The number of aliphatic hydroxyl groups is 2. The molecule has 0 aliphatic rings. The van der Waals surface area contributed by atoms with Crippen molar-refractivity contribution >= 4 is 11.9 Å². The lowest BCUT2D eigenvalue weighted by Crippen LogP contribution is -2.45. The Labute approximate surface area is 354 Å². The number of hydrogen-bond donors (Lipinski definition) is 3. The van der Waals surface area contributed by atoms with Crippen LogP contribution in [0.3, 0.4) is 0 Å². The third-order valence-electron chi connectivity index (χ3n) is 11.5. The van der Waals surface area contributed by atoms with Crippen LogP contribution in [0.25, 0.3) is 0 Å². The largest absolute Gasteiger partial charge is 0.466 e. The highest BCUT2D eigenvalue weighted by Crippen LogP contribution is 2.16. The molecule has 0 aliphatic carbocycles. The Morgan fingerprint density at radius 1 is 0.491 bits per heavy atom. The number of carbonyl (C=O) groups is 2. The van der Waals surface area contributed by atoms with Gasteiger partial charge in [-0.15, -0.1) is 0 Å². The Morgan fingerprint density at radius 3 is 1.35 bits per heavy atom. The van der Waals surface area contributed by atoms with E-state index >= 15 is 0 Å². The summed E-state index contributed by atoms with van der Waals surface area (Å²) >= 11 is 0. The zero-order valence-electron chi connectivity index (χ0n) is 38.1. The molecule has 0 fully saturated rings. The molecular formula is C51H97NO5. The molecule has 336 valence electrons. The highest BCUT2D eigenvalue weighted by Gasteiger charge is 2.20. The van der Waals surface area contributed by atoms with E-state index in [0.717, 1.165) is 57.8 Å². The first kappa shape index (κ1) is 55.3. The molecule has 0 bridgehead atoms. The van der Waals surface area contributed by atoms with Crippen molar-refractivity contribution in [3.05, 3.63) is 24.3 Å². The van der Waals surface area contributed by atoms with Crippen LogP contribution in [0.15, 0.2) is 24.3 Å². The Hall–Kier alpha value is -1.66. The van der Waals surface area contributed by atoms with E-state index in [0.29, 0.717) is 25.9 Å². The average molecular weight is 804 g/mol. The number of hydrogen-bond acceptors (Lipinski definition) is 5. The minimum absolute atomic E-state index is 0.0193. The maximum atomic E-state index is 12.4. The molecule has 0 radical (unpaired) electrons. The van der Waals surface area contributed by atoms with Crippen LogP contribution in [-0.4, -0.2) is 47.4 Å². The summed E-state index contributed by atoms with van der Waals surface area (Å²) in [7, 11) is 0. The maximum Gasteiger partial charge on any atom is 0.305 e. The number of allylic oxidation sites excluding steroid dienone is 4. The highest BCUT2D eigenvalue weighted by atomic mass is 16.5. The lowest BCUT2D eigenvalue weighted by Gasteiger charge is -2.22. The normalized spacial score (nSPS) is 12.8. The van der Waals surface area contributed by atoms with Crippen molar-refractivity contribution < 1.29 is 24.5 Å². The lowest BCUT2D eigenvalue weighted by molar-refractivity contribution is -0.143. The molecule has 0 aromatic rings. The van der Waals surface area contributed by atoms with Gasteiger partial charge in [-0.3, -0.25) is 9.59 Å². The predicted molar refractivity (Wildman–Crippen MR) is 246 cm³/mol. The summed E-state index contributed by atoms with van der Waals surface area (Å²) in [5.41, 5.74) is 0. The van der Waals surface area contributed by atoms with Crippen LogP contribution in [-0.2, 0) is 14.3 Å². The molecule has 0 saturated heterocycles. The number of unbranched alkanes of at least 4 members (excludes halogenated alkanes) is 31. The van der Waals surface area contributed by atoms with Gasteiger partial charge >= 0.3 is 5.97 Å². The van der Waals surface area contributed by atoms with Crippen LogP contribution in [0.5, 0.6) is 0 Å². The van der Waals surface area contributed by atoms with Gasteiger partial charge in [0.15, 0.2) is 0 Å². The Bertz CT molecular complexity index is 889. The first-order chi connectivity index (χ1) is 28.0. The first-order valence-corrected chi connectivity index (χ1v) is 25.1. The van der Waals surface area contributed by atoms with Crippen LogP contribution >= 0.6 is 0 Å². The summed E-state index contributed by atoms with van der Waals surface area (Å²) < 4.78 is 5.46. The van der Waals surface area contributed by atoms with Gasteiger partial charge in [-0.1, -0.05) is 218 Å². The fourth-order valence-corrected chi connectivity index (χ4v) is 7.61. The molecule has 0 heterocycles. The minimum Gasteiger partial charge on any atom is -0.466 e. The molecular weight excluding hydrogens is 707 g/mol. The van der Waals surface area contributed by atoms with Crippen molar-refractivity contribution in [1.82, 2.24) is 5.32 Å². The van der Waals surface area contributed by atoms with Crippen molar-refractivity contribution in [1.29, 1.82) is 0 Å². The van der Waals surface area contributed by atoms with Gasteiger partial charge in [-0.2, -0.15) is 0 Å². The Morgan fingerprint density at radius 2 is 0.877 bits per heavy atom. The number of nitrogens with one attached hydrogen (secondary N) is 1. The van der Waals surface area contributed by atoms with E-state index in [9.17, 15) is 19.8 Å². The summed E-state index contributed by atoms with van der Waals surface area (Å²) in [6.07, 6.45) is 54.2. The monoisotopic (exact) mass is 804 g/mol. The first-order valence-electron chi connectivity index (χ1n) is 25.1. The molecule has 3 N–H and O–H groups in total. The molecule has 0 aliphatic heterocycles. The van der Waals surface area contributed by atoms with E-state index in [4.69, 9.17) is 4.74 Å². The molecule has 0 aromatic carbocycles. The van der Waals surface area contributed by atoms with Gasteiger partial charge in [-0.25, -0.2) is 0 Å². The molecule has 1 amide bonds. The SMILES string of the molecule is CCCCCC/C=C\C/C=C\CCCCCCCC(=O)OCCCCCCCCCCCCCCCC(=O)NC(CO)C(O)CCCCCCCCCCCCC. The fourth-order valence-electron chi connectivity index (χ4n) is 7.61. The summed E-state index contributed by atoms with van der Waals surface area (Å²) in [5.74, 6) is -0.0693. The van der Waals surface area contributed by atoms with Gasteiger partial charge in [0.05, 0.1) is 25.4 Å². The highest BCUT2D eigenvalue weighted by molar-refractivity contribution is 5.76. The fraction of sp³-hybridized carbons (Fsp3) is 0.882. The second-order valence-electron chi connectivity index (χ2n) is 17.1. The molecule has 0 aromatic heterocycles. The van der Waals surface area contributed by atoms with Gasteiger partial charge in [-0.05, 0) is 57.8 Å². The van der Waals surface area contributed by atoms with E-state index < -0.39 is 12.1 Å². The number of carbonyl (C=O) groups excluding carboxylic acids is 2. The number of esters is 1. The van der Waals surface area contributed by atoms with E-state index in [1.807, 2.05) is 0 Å². The number of aliphatic hydroxyl groups excluding tert-OH is 2. The Kier molecular flexibility index (Phi) is 45.7. The van der Waals surface area contributed by atoms with Crippen molar-refractivity contribution in [2.75, 3.05) is 13.2 Å². The van der Waals surface area contributed by atoms with E-state index in [-0.39, 0.29) is 18.5 Å². The number of ether oxygens (including phenoxy) is 1. The van der Waals surface area contributed by atoms with Gasteiger partial charge in [0.2, 0.25) is 5.91 Å². The van der Waals surface area contributed by atoms with E-state index in [1.165, 1.54) is 173 Å². The van der Waals surface area contributed by atoms with Crippen LogP contribution < -0.4 is 5.32 Å². The van der Waals surface area contributed by atoms with E-state index in [1.54, 1.807) is 0 Å². The number of rotatable bonds is 46. The van der Waals surface area contributed by atoms with E-state index in [2.05, 4.69) is 43.5 Å². The lowest BCUT2D eigenvalue weighted by atomic mass is 10.0. The Balaban J connectivity index is 3.45. The quantitative estimate of drug-likeness (QED) is 0.0324. The molecule has 6 nitrogen and oxygen atoms in total. The second-order valence-corrected chi connectivity index (χ2v) is 17.1. The van der Waals surface area contributed by atoms with Crippen LogP contribution in [0.1, 0.15) is 264 Å². The van der Waals surface area contributed by atoms with Crippen LogP contribution in [0, 0.1) is 0 Å². The molecule has 2 unspecified atom stereocenters. The molecule has 0 saturated carbocycles. The van der Waals surface area contributed by atoms with Crippen molar-refractivity contribution in [3.63, 3.8) is 0 Å². The third kappa shape index (κ3) is 43.7. The standard InChI is InChI=1S/C51H97NO5/c1-3-5-7-9-11-13-15-16-17-18-21-25-29-33-37-41-45-51(56)57-46-42-38-34-30-26-22-19-20-24-28-32-36-40-44-50(55)52-48(47-53)49(54)43-39-35-31-27-23-14-12-10-8-6-4-2/h13,15,17-18,48-49,53-54H,3-12,14,16,19-47H2,1-2H3,(H,52,55)/b15-13-,18-17-. The van der Waals surface area contributed by atoms with Crippen molar-refractivity contribution in [2.45, 2.75) is 276 Å². The van der Waals surface area contributed by atoms with Crippen LogP contribution in [0.2, 0.25) is 0 Å². The van der Waals surface area contributed by atoms with Crippen molar-refractivity contribution in [2.24, 2.45) is 0 Å². The van der Waals surface area contributed by atoms with Gasteiger partial charge in [0, 0.05) is 12.8 Å². The van der Waals surface area contributed by atoms with Gasteiger partial charge < -0.3 is 20.3 Å². The smallest absolute Gasteiger partial charge is 0.305 e. The molecule has 0 spiro atoms. The molecule has 6 heteroatoms. The van der Waals surface area contributed by atoms with Crippen molar-refractivity contribution in [3.8, 4) is 0 Å². The minimum atomic E-state index is -0.671. The van der Waals surface area contributed by atoms with Crippen LogP contribution in [0.4, 0.5) is 0 Å². The zero-order valence-corrected chi connectivity index (χ0v) is 38.1. The molecule has 57 heavy (non-hydrogen) atoms. The molecule has 0 rings (SSSR count). The molecule has 2 atom stereocenters. The zero-order chi connectivity index (χ0) is 41.5. The summed E-state index contributed by atoms with van der Waals surface area (Å²) in [6.45, 7) is 4.89. The predicted octanol–water partition coefficient (Wildman–Crippen LogP) is 14.7. The second kappa shape index (κ2) is 47.0. The van der Waals surface area contributed by atoms with Gasteiger partial charge in [0.1, 0.15) is 0 Å². The maximum absolute atomic E-state index is 12.4. The third-order valence-corrected chi connectivity index (χ3v) is 11.5. The summed E-state index contributed by atoms with van der Waals surface area (Å²) in [6, 6.07) is -0.550.